The van der Waals surface area contributed by atoms with Crippen molar-refractivity contribution >= 4 is 31.9 Å². The molecule has 2 rings (SSSR count). The van der Waals surface area contributed by atoms with E-state index in [0.29, 0.717) is 4.83 Å². The second kappa shape index (κ2) is 4.75. The highest BCUT2D eigenvalue weighted by molar-refractivity contribution is 9.11. The first-order valence-electron chi connectivity index (χ1n) is 6.59. The molecule has 0 aromatic heterocycles. The van der Waals surface area contributed by atoms with Gasteiger partial charge in [0.2, 0.25) is 0 Å². The first-order valence-corrected chi connectivity index (χ1v) is 8.42. The van der Waals surface area contributed by atoms with Crippen molar-refractivity contribution in [2.24, 2.45) is 10.8 Å². The topological polar surface area (TPSA) is 20.2 Å². The zero-order chi connectivity index (χ0) is 13.6. The smallest absolute Gasteiger partial charge is 0.0726 e. The number of rotatable bonds is 0. The Hall–Kier alpha value is 0.400. The highest BCUT2D eigenvalue weighted by atomic mass is 79.9. The average Bonchev–Trinajstić information content (AvgIpc) is 2.25. The summed E-state index contributed by atoms with van der Waals surface area (Å²) in [7, 11) is 0. The highest BCUT2D eigenvalue weighted by Crippen LogP contribution is 2.61. The Balaban J connectivity index is 2.46. The van der Waals surface area contributed by atoms with E-state index >= 15 is 0 Å². The molecule has 1 N–H and O–H groups in total. The van der Waals surface area contributed by atoms with Crippen molar-refractivity contribution in [3.63, 3.8) is 0 Å². The van der Waals surface area contributed by atoms with Gasteiger partial charge in [-0.1, -0.05) is 57.9 Å². The predicted molar refractivity (Wildman–Crippen MR) is 84.2 cm³/mol. The van der Waals surface area contributed by atoms with Crippen LogP contribution in [0.3, 0.4) is 0 Å². The molecule has 3 heteroatoms. The van der Waals surface area contributed by atoms with Crippen molar-refractivity contribution in [2.75, 3.05) is 0 Å². The monoisotopic (exact) mass is 376 g/mol. The van der Waals surface area contributed by atoms with Crippen LogP contribution >= 0.6 is 31.9 Å². The normalized spacial score (nSPS) is 45.7. The maximum Gasteiger partial charge on any atom is 0.0726 e. The average molecular weight is 378 g/mol. The summed E-state index contributed by atoms with van der Waals surface area (Å²) in [5, 5.41) is 11.0. The van der Waals surface area contributed by atoms with E-state index in [1.54, 1.807) is 0 Å². The van der Waals surface area contributed by atoms with Crippen LogP contribution in [0.4, 0.5) is 0 Å². The van der Waals surface area contributed by atoms with E-state index in [4.69, 9.17) is 0 Å². The van der Waals surface area contributed by atoms with Gasteiger partial charge in [-0.15, -0.1) is 0 Å². The van der Waals surface area contributed by atoms with Gasteiger partial charge >= 0.3 is 0 Å². The van der Waals surface area contributed by atoms with Crippen molar-refractivity contribution in [3.8, 4) is 0 Å². The van der Waals surface area contributed by atoms with Crippen molar-refractivity contribution < 1.29 is 5.11 Å². The molecule has 2 aliphatic rings. The second-order valence-corrected chi connectivity index (χ2v) is 8.40. The fraction of sp³-hybridized carbons (Fsp3) is 0.733. The van der Waals surface area contributed by atoms with Gasteiger partial charge in [-0.3, -0.25) is 0 Å². The van der Waals surface area contributed by atoms with E-state index < -0.39 is 5.60 Å². The molecule has 0 aliphatic heterocycles. The molecular weight excluding hydrogens is 356 g/mol. The lowest BCUT2D eigenvalue weighted by Crippen LogP contribution is -2.59. The fourth-order valence-electron chi connectivity index (χ4n) is 4.01. The summed E-state index contributed by atoms with van der Waals surface area (Å²) in [4.78, 5) is 2.41. The first kappa shape index (κ1) is 14.8. The van der Waals surface area contributed by atoms with E-state index in [-0.39, 0.29) is 10.8 Å². The summed E-state index contributed by atoms with van der Waals surface area (Å²) in [6.45, 7) is 6.60. The molecule has 3 atom stereocenters. The first-order chi connectivity index (χ1) is 8.24. The lowest BCUT2D eigenvalue weighted by Gasteiger charge is -2.59. The fourth-order valence-corrected chi connectivity index (χ4v) is 5.83. The molecule has 0 saturated heterocycles. The minimum Gasteiger partial charge on any atom is -0.389 e. The van der Waals surface area contributed by atoms with Gasteiger partial charge in [0.05, 0.1) is 5.60 Å². The SMILES string of the molecule is CC1(C)C[C@@H](Br)C[C@](C)(O)[C@@]12C=C/C(=C\Br)CC2. The minimum atomic E-state index is -0.642. The number of halogens is 2. The summed E-state index contributed by atoms with van der Waals surface area (Å²) in [5.41, 5.74) is 0.673. The molecule has 0 heterocycles. The Morgan fingerprint density at radius 3 is 2.44 bits per heavy atom. The Morgan fingerprint density at radius 2 is 2.00 bits per heavy atom. The van der Waals surface area contributed by atoms with Crippen LogP contribution in [0.1, 0.15) is 46.5 Å². The van der Waals surface area contributed by atoms with Crippen LogP contribution in [0.2, 0.25) is 0 Å². The van der Waals surface area contributed by atoms with Crippen molar-refractivity contribution in [3.05, 3.63) is 22.7 Å². The Kier molecular flexibility index (Phi) is 3.90. The minimum absolute atomic E-state index is 0.107. The van der Waals surface area contributed by atoms with Crippen LogP contribution in [-0.2, 0) is 0 Å². The van der Waals surface area contributed by atoms with Crippen LogP contribution in [0.15, 0.2) is 22.7 Å². The number of allylic oxidation sites excluding steroid dienone is 2. The molecular formula is C15H22Br2O. The summed E-state index contributed by atoms with van der Waals surface area (Å²) < 4.78 is 0. The lowest BCUT2D eigenvalue weighted by molar-refractivity contribution is -0.140. The molecule has 0 aromatic rings. The van der Waals surface area contributed by atoms with Crippen LogP contribution in [0, 0.1) is 10.8 Å². The Morgan fingerprint density at radius 1 is 1.33 bits per heavy atom. The van der Waals surface area contributed by atoms with Crippen molar-refractivity contribution in [2.45, 2.75) is 56.9 Å². The molecule has 1 spiro atoms. The quantitative estimate of drug-likeness (QED) is 0.593. The third-order valence-corrected chi connectivity index (χ3v) is 6.29. The zero-order valence-electron chi connectivity index (χ0n) is 11.3. The van der Waals surface area contributed by atoms with E-state index in [0.717, 1.165) is 25.7 Å². The molecule has 102 valence electrons. The molecule has 1 fully saturated rings. The van der Waals surface area contributed by atoms with Gasteiger partial charge in [-0.25, -0.2) is 0 Å². The van der Waals surface area contributed by atoms with E-state index in [2.05, 4.69) is 57.9 Å². The molecule has 1 nitrogen and oxygen atoms in total. The predicted octanol–water partition coefficient (Wildman–Crippen LogP) is 4.94. The van der Waals surface area contributed by atoms with Gasteiger partial charge in [0.25, 0.3) is 0 Å². The van der Waals surface area contributed by atoms with Gasteiger partial charge in [-0.05, 0) is 48.6 Å². The molecule has 1 saturated carbocycles. The molecule has 0 aromatic carbocycles. The summed E-state index contributed by atoms with van der Waals surface area (Å²) >= 11 is 7.12. The van der Waals surface area contributed by atoms with Gasteiger partial charge in [0, 0.05) is 10.2 Å². The number of hydrogen-bond acceptors (Lipinski definition) is 1. The highest BCUT2D eigenvalue weighted by Gasteiger charge is 2.58. The summed E-state index contributed by atoms with van der Waals surface area (Å²) in [6, 6.07) is 0. The van der Waals surface area contributed by atoms with E-state index in [1.807, 2.05) is 11.9 Å². The molecule has 0 radical (unpaired) electrons. The standard InChI is InChI=1S/C15H22Br2O/c1-13(2)8-12(17)9-14(3,18)15(13)6-4-11(10-16)5-7-15/h4,6,10,12,18H,5,7-9H2,1-3H3/b11-10+/t12-,14+,15-/m1/s1. The third-order valence-electron chi connectivity index (χ3n) is 5.05. The van der Waals surface area contributed by atoms with Crippen LogP contribution < -0.4 is 0 Å². The van der Waals surface area contributed by atoms with E-state index in [1.165, 1.54) is 5.57 Å². The molecule has 0 unspecified atom stereocenters. The molecule has 0 amide bonds. The summed E-state index contributed by atoms with van der Waals surface area (Å²) in [5.74, 6) is 0. The molecule has 18 heavy (non-hydrogen) atoms. The number of hydrogen-bond donors (Lipinski definition) is 1. The Labute approximate surface area is 127 Å². The van der Waals surface area contributed by atoms with Crippen LogP contribution in [0.5, 0.6) is 0 Å². The number of aliphatic hydroxyl groups is 1. The third kappa shape index (κ3) is 2.16. The van der Waals surface area contributed by atoms with Gasteiger partial charge in [0.15, 0.2) is 0 Å². The van der Waals surface area contributed by atoms with Crippen molar-refractivity contribution in [1.29, 1.82) is 0 Å². The molecule has 0 bridgehead atoms. The molecule has 2 aliphatic carbocycles. The maximum atomic E-state index is 11.0. The van der Waals surface area contributed by atoms with Crippen LogP contribution in [0.25, 0.3) is 0 Å². The van der Waals surface area contributed by atoms with Crippen molar-refractivity contribution in [1.82, 2.24) is 0 Å². The summed E-state index contributed by atoms with van der Waals surface area (Å²) in [6.07, 6.45) is 8.45. The van der Waals surface area contributed by atoms with Gasteiger partial charge < -0.3 is 5.11 Å². The zero-order valence-corrected chi connectivity index (χ0v) is 14.5. The Bertz CT molecular complexity index is 375. The van der Waals surface area contributed by atoms with Crippen LogP contribution in [-0.4, -0.2) is 15.5 Å². The van der Waals surface area contributed by atoms with E-state index in [9.17, 15) is 5.11 Å². The second-order valence-electron chi connectivity index (χ2n) is 6.65. The van der Waals surface area contributed by atoms with Gasteiger partial charge in [0.1, 0.15) is 0 Å². The van der Waals surface area contributed by atoms with Gasteiger partial charge in [-0.2, -0.15) is 0 Å². The maximum absolute atomic E-state index is 11.0. The number of alkyl halides is 1. The largest absolute Gasteiger partial charge is 0.389 e. The lowest BCUT2D eigenvalue weighted by atomic mass is 9.48.